The summed E-state index contributed by atoms with van der Waals surface area (Å²) in [6.45, 7) is 2.08. The van der Waals surface area contributed by atoms with Gasteiger partial charge in [-0.25, -0.2) is 0 Å². The maximum Gasteiger partial charge on any atom is 0.310 e. The van der Waals surface area contributed by atoms with E-state index in [1.807, 2.05) is 0 Å². The summed E-state index contributed by atoms with van der Waals surface area (Å²) >= 11 is 6.60. The van der Waals surface area contributed by atoms with E-state index in [1.54, 1.807) is 19.1 Å². The highest BCUT2D eigenvalue weighted by atomic mass is 79.9. The molecule has 5 heteroatoms. The first-order valence-electron chi connectivity index (χ1n) is 4.67. The molecule has 0 atom stereocenters. The Hall–Kier alpha value is -0.680. The minimum Gasteiger partial charge on any atom is -0.466 e. The fourth-order valence-electron chi connectivity index (χ4n) is 1.27. The Balaban J connectivity index is 3.02. The Labute approximate surface area is 110 Å². The van der Waals surface area contributed by atoms with Gasteiger partial charge in [0, 0.05) is 14.5 Å². The number of esters is 1. The first-order valence-corrected chi connectivity index (χ1v) is 6.25. The molecule has 3 nitrogen and oxygen atoms in total. The number of aldehydes is 1. The lowest BCUT2D eigenvalue weighted by molar-refractivity contribution is -0.142. The summed E-state index contributed by atoms with van der Waals surface area (Å²) in [5.41, 5.74) is 1.13. The van der Waals surface area contributed by atoms with Crippen LogP contribution in [0.25, 0.3) is 0 Å². The lowest BCUT2D eigenvalue weighted by Crippen LogP contribution is -2.09. The fraction of sp³-hybridized carbons (Fsp3) is 0.273. The van der Waals surface area contributed by atoms with Crippen LogP contribution in [-0.2, 0) is 16.0 Å². The van der Waals surface area contributed by atoms with E-state index >= 15 is 0 Å². The van der Waals surface area contributed by atoms with Gasteiger partial charge in [0.05, 0.1) is 13.0 Å². The Morgan fingerprint density at radius 1 is 1.44 bits per heavy atom. The van der Waals surface area contributed by atoms with Crippen molar-refractivity contribution in [3.63, 3.8) is 0 Å². The molecule has 0 aliphatic carbocycles. The molecule has 0 fully saturated rings. The first kappa shape index (κ1) is 13.4. The van der Waals surface area contributed by atoms with Crippen molar-refractivity contribution in [1.82, 2.24) is 0 Å². The van der Waals surface area contributed by atoms with Crippen LogP contribution in [0.2, 0.25) is 0 Å². The van der Waals surface area contributed by atoms with Crippen molar-refractivity contribution in [2.45, 2.75) is 13.3 Å². The highest BCUT2D eigenvalue weighted by Crippen LogP contribution is 2.26. The number of benzene rings is 1. The molecule has 86 valence electrons. The molecule has 0 aliphatic rings. The topological polar surface area (TPSA) is 43.4 Å². The largest absolute Gasteiger partial charge is 0.466 e. The summed E-state index contributed by atoms with van der Waals surface area (Å²) < 4.78 is 6.35. The predicted molar refractivity (Wildman–Crippen MR) is 67.6 cm³/mol. The van der Waals surface area contributed by atoms with Crippen LogP contribution in [0.3, 0.4) is 0 Å². The third kappa shape index (κ3) is 3.42. The van der Waals surface area contributed by atoms with Gasteiger partial charge in [-0.05, 0) is 24.6 Å². The zero-order chi connectivity index (χ0) is 12.1. The van der Waals surface area contributed by atoms with Crippen molar-refractivity contribution < 1.29 is 14.3 Å². The number of hydrogen-bond acceptors (Lipinski definition) is 3. The Morgan fingerprint density at radius 2 is 2.12 bits per heavy atom. The predicted octanol–water partition coefficient (Wildman–Crippen LogP) is 3.13. The summed E-state index contributed by atoms with van der Waals surface area (Å²) in [5, 5.41) is 0. The van der Waals surface area contributed by atoms with Crippen molar-refractivity contribution in [1.29, 1.82) is 0 Å². The molecule has 0 saturated carbocycles. The molecule has 0 bridgehead atoms. The summed E-state index contributed by atoms with van der Waals surface area (Å²) in [6.07, 6.45) is 0.819. The second kappa shape index (κ2) is 6.15. The van der Waals surface area contributed by atoms with Gasteiger partial charge >= 0.3 is 5.97 Å². The maximum atomic E-state index is 11.3. The van der Waals surface area contributed by atoms with Crippen LogP contribution in [0.1, 0.15) is 22.8 Å². The van der Waals surface area contributed by atoms with Crippen LogP contribution in [0, 0.1) is 0 Å². The third-order valence-corrected chi connectivity index (χ3v) is 3.11. The number of carbonyl (C=O) groups is 2. The van der Waals surface area contributed by atoms with E-state index in [0.717, 1.165) is 15.2 Å². The molecule has 0 heterocycles. The third-order valence-electron chi connectivity index (χ3n) is 1.95. The van der Waals surface area contributed by atoms with Crippen LogP contribution in [0.15, 0.2) is 21.1 Å². The highest BCUT2D eigenvalue weighted by molar-refractivity contribution is 9.11. The van der Waals surface area contributed by atoms with Crippen molar-refractivity contribution in [3.8, 4) is 0 Å². The zero-order valence-electron chi connectivity index (χ0n) is 8.63. The van der Waals surface area contributed by atoms with Gasteiger partial charge in [0.1, 0.15) is 6.29 Å². The summed E-state index contributed by atoms with van der Waals surface area (Å²) in [4.78, 5) is 22.2. The van der Waals surface area contributed by atoms with Gasteiger partial charge in [-0.3, -0.25) is 9.59 Å². The van der Waals surface area contributed by atoms with Gasteiger partial charge in [0.25, 0.3) is 0 Å². The molecular formula is C11H10Br2O3. The maximum absolute atomic E-state index is 11.3. The van der Waals surface area contributed by atoms with Crippen LogP contribution in [0.4, 0.5) is 0 Å². The van der Waals surface area contributed by atoms with Crippen molar-refractivity contribution in [2.24, 2.45) is 0 Å². The van der Waals surface area contributed by atoms with E-state index in [0.29, 0.717) is 17.7 Å². The van der Waals surface area contributed by atoms with Gasteiger partial charge in [-0.1, -0.05) is 31.9 Å². The van der Waals surface area contributed by atoms with Gasteiger partial charge in [0.2, 0.25) is 0 Å². The van der Waals surface area contributed by atoms with Crippen LogP contribution in [-0.4, -0.2) is 18.9 Å². The molecule has 0 aromatic heterocycles. The first-order chi connectivity index (χ1) is 7.58. The van der Waals surface area contributed by atoms with E-state index < -0.39 is 0 Å². The van der Waals surface area contributed by atoms with Crippen molar-refractivity contribution in [3.05, 3.63) is 32.2 Å². The standard InChI is InChI=1S/C11H10Br2O3/c1-2-16-11(15)5-9-7(6-14)3-8(12)4-10(9)13/h3-4,6H,2,5H2,1H3. The lowest BCUT2D eigenvalue weighted by Gasteiger charge is -2.08. The number of carbonyl (C=O) groups excluding carboxylic acids is 2. The second-order valence-corrected chi connectivity index (χ2v) is 4.83. The SMILES string of the molecule is CCOC(=O)Cc1c(Br)cc(Br)cc1C=O. The van der Waals surface area contributed by atoms with Crippen molar-refractivity contribution in [2.75, 3.05) is 6.61 Å². The number of ether oxygens (including phenoxy) is 1. The molecule has 16 heavy (non-hydrogen) atoms. The smallest absolute Gasteiger partial charge is 0.310 e. The van der Waals surface area contributed by atoms with E-state index in [2.05, 4.69) is 31.9 Å². The quantitative estimate of drug-likeness (QED) is 0.619. The molecule has 1 aromatic carbocycles. The molecule has 0 N–H and O–H groups in total. The molecule has 1 aromatic rings. The van der Waals surface area contributed by atoms with E-state index in [1.165, 1.54) is 0 Å². The average Bonchev–Trinajstić information content (AvgIpc) is 2.22. The average molecular weight is 350 g/mol. The molecule has 0 saturated heterocycles. The van der Waals surface area contributed by atoms with E-state index in [4.69, 9.17) is 4.74 Å². The van der Waals surface area contributed by atoms with Crippen LogP contribution >= 0.6 is 31.9 Å². The minimum absolute atomic E-state index is 0.0930. The lowest BCUT2D eigenvalue weighted by atomic mass is 10.1. The van der Waals surface area contributed by atoms with Crippen LogP contribution in [0.5, 0.6) is 0 Å². The fourth-order valence-corrected chi connectivity index (χ4v) is 2.67. The van der Waals surface area contributed by atoms with E-state index in [-0.39, 0.29) is 12.4 Å². The summed E-state index contributed by atoms with van der Waals surface area (Å²) in [7, 11) is 0. The minimum atomic E-state index is -0.339. The molecule has 0 spiro atoms. The van der Waals surface area contributed by atoms with Gasteiger partial charge in [-0.2, -0.15) is 0 Å². The number of hydrogen-bond donors (Lipinski definition) is 0. The van der Waals surface area contributed by atoms with Gasteiger partial charge in [0.15, 0.2) is 0 Å². The van der Waals surface area contributed by atoms with Gasteiger partial charge < -0.3 is 4.74 Å². The molecule has 0 aliphatic heterocycles. The highest BCUT2D eigenvalue weighted by Gasteiger charge is 2.13. The number of rotatable bonds is 4. The Bertz CT molecular complexity index is 416. The second-order valence-electron chi connectivity index (χ2n) is 3.06. The summed E-state index contributed by atoms with van der Waals surface area (Å²) in [5.74, 6) is -0.339. The van der Waals surface area contributed by atoms with Crippen molar-refractivity contribution >= 4 is 44.1 Å². The Kier molecular flexibility index (Phi) is 5.15. The molecular weight excluding hydrogens is 340 g/mol. The number of halogens is 2. The molecule has 1 rings (SSSR count). The van der Waals surface area contributed by atoms with Crippen LogP contribution < -0.4 is 0 Å². The normalized spacial score (nSPS) is 9.94. The molecule has 0 unspecified atom stereocenters. The Morgan fingerprint density at radius 3 is 2.69 bits per heavy atom. The monoisotopic (exact) mass is 348 g/mol. The molecule has 0 amide bonds. The zero-order valence-corrected chi connectivity index (χ0v) is 11.8. The molecule has 0 radical (unpaired) electrons. The summed E-state index contributed by atoms with van der Waals surface area (Å²) in [6, 6.07) is 3.47. The van der Waals surface area contributed by atoms with Gasteiger partial charge in [-0.15, -0.1) is 0 Å². The van der Waals surface area contributed by atoms with E-state index in [9.17, 15) is 9.59 Å².